The number of hydrogen-bond acceptors (Lipinski definition) is 1. The van der Waals surface area contributed by atoms with Crippen LogP contribution in [0.5, 0.6) is 0 Å². The van der Waals surface area contributed by atoms with Gasteiger partial charge in [0.15, 0.2) is 0 Å². The van der Waals surface area contributed by atoms with Crippen LogP contribution in [0, 0.1) is 11.5 Å². The van der Waals surface area contributed by atoms with E-state index in [4.69, 9.17) is 4.43 Å². The second kappa shape index (κ2) is 3.70. The molecule has 0 aromatic carbocycles. The summed E-state index contributed by atoms with van der Waals surface area (Å²) in [5.74, 6) is 2.88. The molecule has 0 bridgehead atoms. The van der Waals surface area contributed by atoms with Crippen molar-refractivity contribution in [2.24, 2.45) is 0 Å². The molecule has 0 atom stereocenters. The Balaban J connectivity index is 3.80. The molecule has 0 rings (SSSR count). The monoisotopic (exact) mass is 142 g/mol. The smallest absolute Gasteiger partial charge is 0.265 e. The van der Waals surface area contributed by atoms with Gasteiger partial charge in [-0.15, -0.1) is 5.92 Å². The fourth-order valence-corrected chi connectivity index (χ4v) is 2.09. The minimum atomic E-state index is -1.56. The van der Waals surface area contributed by atoms with E-state index in [1.54, 1.807) is 0 Å². The molecule has 0 aliphatic carbocycles. The van der Waals surface area contributed by atoms with Crippen molar-refractivity contribution in [3.63, 3.8) is 0 Å². The van der Waals surface area contributed by atoms with E-state index < -0.39 is 8.32 Å². The van der Waals surface area contributed by atoms with Crippen LogP contribution in [0.1, 0.15) is 13.8 Å². The standard InChI is InChI=1S/C7H14OSi/c1-5-7-9(3,4)8-6-2/h6H2,1-4H3. The first-order valence-corrected chi connectivity index (χ1v) is 6.11. The molecular formula is C7H14OSi. The highest BCUT2D eigenvalue weighted by atomic mass is 28.4. The average molecular weight is 142 g/mol. The first-order valence-electron chi connectivity index (χ1n) is 3.20. The van der Waals surface area contributed by atoms with Gasteiger partial charge in [-0.1, -0.05) is 5.54 Å². The van der Waals surface area contributed by atoms with E-state index in [9.17, 15) is 0 Å². The van der Waals surface area contributed by atoms with Crippen LogP contribution in [0.3, 0.4) is 0 Å². The first kappa shape index (κ1) is 8.74. The van der Waals surface area contributed by atoms with Gasteiger partial charge in [-0.05, 0) is 26.9 Å². The quantitative estimate of drug-likeness (QED) is 0.422. The van der Waals surface area contributed by atoms with E-state index in [1.807, 2.05) is 13.8 Å². The first-order chi connectivity index (χ1) is 4.12. The fraction of sp³-hybridized carbons (Fsp3) is 0.714. The van der Waals surface area contributed by atoms with Crippen LogP contribution in [0.15, 0.2) is 0 Å². The molecule has 0 heterocycles. The Kier molecular flexibility index (Phi) is 3.60. The second-order valence-corrected chi connectivity index (χ2v) is 5.88. The number of rotatable bonds is 2. The van der Waals surface area contributed by atoms with Gasteiger partial charge in [0, 0.05) is 6.61 Å². The molecule has 0 aliphatic heterocycles. The third kappa shape index (κ3) is 4.25. The van der Waals surface area contributed by atoms with Crippen molar-refractivity contribution in [3.8, 4) is 11.5 Å². The van der Waals surface area contributed by atoms with Gasteiger partial charge in [0.05, 0.1) is 0 Å². The highest BCUT2D eigenvalue weighted by Crippen LogP contribution is 2.00. The number of hydrogen-bond donors (Lipinski definition) is 0. The Labute approximate surface area is 58.5 Å². The minimum Gasteiger partial charge on any atom is -0.406 e. The van der Waals surface area contributed by atoms with Gasteiger partial charge in [0.2, 0.25) is 0 Å². The van der Waals surface area contributed by atoms with Crippen molar-refractivity contribution in [2.75, 3.05) is 6.61 Å². The molecule has 0 fully saturated rings. The molecule has 0 aromatic rings. The van der Waals surface area contributed by atoms with Crippen LogP contribution < -0.4 is 0 Å². The summed E-state index contributed by atoms with van der Waals surface area (Å²) in [5.41, 5.74) is 3.09. The highest BCUT2D eigenvalue weighted by molar-refractivity contribution is 6.79. The summed E-state index contributed by atoms with van der Waals surface area (Å²) < 4.78 is 5.44. The van der Waals surface area contributed by atoms with Gasteiger partial charge < -0.3 is 4.43 Å². The molecule has 0 amide bonds. The van der Waals surface area contributed by atoms with Gasteiger partial charge in [0.1, 0.15) is 0 Å². The molecular weight excluding hydrogens is 128 g/mol. The molecule has 0 spiro atoms. The molecule has 0 radical (unpaired) electrons. The molecule has 0 saturated heterocycles. The van der Waals surface area contributed by atoms with E-state index in [0.29, 0.717) is 0 Å². The Bertz CT molecular complexity index is 130. The van der Waals surface area contributed by atoms with Crippen LogP contribution in [-0.4, -0.2) is 14.9 Å². The zero-order valence-electron chi connectivity index (χ0n) is 6.62. The normalized spacial score (nSPS) is 10.2. The van der Waals surface area contributed by atoms with Crippen molar-refractivity contribution in [1.82, 2.24) is 0 Å². The molecule has 2 heteroatoms. The van der Waals surface area contributed by atoms with Crippen molar-refractivity contribution in [1.29, 1.82) is 0 Å². The van der Waals surface area contributed by atoms with Gasteiger partial charge >= 0.3 is 0 Å². The molecule has 1 nitrogen and oxygen atoms in total. The predicted octanol–water partition coefficient (Wildman–Crippen LogP) is 1.79. The SMILES string of the molecule is CC#C[Si](C)(C)OCC. The van der Waals surface area contributed by atoms with E-state index in [0.717, 1.165) is 6.61 Å². The third-order valence-corrected chi connectivity index (χ3v) is 2.79. The molecule has 9 heavy (non-hydrogen) atoms. The van der Waals surface area contributed by atoms with Gasteiger partial charge in [-0.25, -0.2) is 0 Å². The predicted molar refractivity (Wildman–Crippen MR) is 42.6 cm³/mol. The second-order valence-electron chi connectivity index (χ2n) is 2.32. The maximum atomic E-state index is 5.44. The molecule has 0 aromatic heterocycles. The fourth-order valence-electron chi connectivity index (χ4n) is 0.698. The summed E-state index contributed by atoms with van der Waals surface area (Å²) >= 11 is 0. The van der Waals surface area contributed by atoms with E-state index >= 15 is 0 Å². The van der Waals surface area contributed by atoms with Gasteiger partial charge in [-0.3, -0.25) is 0 Å². The lowest BCUT2D eigenvalue weighted by Gasteiger charge is -2.13. The zero-order valence-corrected chi connectivity index (χ0v) is 7.62. The molecule has 0 N–H and O–H groups in total. The minimum absolute atomic E-state index is 0.786. The van der Waals surface area contributed by atoms with Crippen LogP contribution in [0.25, 0.3) is 0 Å². The summed E-state index contributed by atoms with van der Waals surface area (Å²) in [6.45, 7) is 8.85. The van der Waals surface area contributed by atoms with Crippen molar-refractivity contribution < 1.29 is 4.43 Å². The van der Waals surface area contributed by atoms with E-state index in [1.165, 1.54) is 0 Å². The summed E-state index contributed by atoms with van der Waals surface area (Å²) in [6.07, 6.45) is 0. The van der Waals surface area contributed by atoms with Crippen LogP contribution in [0.4, 0.5) is 0 Å². The Morgan fingerprint density at radius 3 is 2.33 bits per heavy atom. The summed E-state index contributed by atoms with van der Waals surface area (Å²) in [4.78, 5) is 0. The Hall–Kier alpha value is -0.263. The Morgan fingerprint density at radius 2 is 2.00 bits per heavy atom. The van der Waals surface area contributed by atoms with Crippen molar-refractivity contribution in [3.05, 3.63) is 0 Å². The summed E-state index contributed by atoms with van der Waals surface area (Å²) in [7, 11) is -1.56. The van der Waals surface area contributed by atoms with E-state index in [2.05, 4.69) is 24.6 Å². The molecule has 0 saturated carbocycles. The van der Waals surface area contributed by atoms with Crippen molar-refractivity contribution >= 4 is 8.32 Å². The van der Waals surface area contributed by atoms with Crippen LogP contribution in [-0.2, 0) is 4.43 Å². The highest BCUT2D eigenvalue weighted by Gasteiger charge is 2.17. The lowest BCUT2D eigenvalue weighted by atomic mass is 10.8. The van der Waals surface area contributed by atoms with Crippen LogP contribution in [0.2, 0.25) is 13.1 Å². The van der Waals surface area contributed by atoms with Crippen LogP contribution >= 0.6 is 0 Å². The zero-order chi connectivity index (χ0) is 7.33. The maximum absolute atomic E-state index is 5.44. The third-order valence-electron chi connectivity index (χ3n) is 0.931. The summed E-state index contributed by atoms with van der Waals surface area (Å²) in [5, 5.41) is 0. The Morgan fingerprint density at radius 1 is 1.44 bits per heavy atom. The summed E-state index contributed by atoms with van der Waals surface area (Å²) in [6, 6.07) is 0. The molecule has 52 valence electrons. The lowest BCUT2D eigenvalue weighted by molar-refractivity contribution is 0.340. The topological polar surface area (TPSA) is 9.23 Å². The largest absolute Gasteiger partial charge is 0.406 e. The average Bonchev–Trinajstić information content (AvgIpc) is 1.64. The lowest BCUT2D eigenvalue weighted by Crippen LogP contribution is -2.28. The van der Waals surface area contributed by atoms with E-state index in [-0.39, 0.29) is 0 Å². The van der Waals surface area contributed by atoms with Crippen molar-refractivity contribution in [2.45, 2.75) is 26.9 Å². The van der Waals surface area contributed by atoms with Gasteiger partial charge in [0.25, 0.3) is 8.32 Å². The maximum Gasteiger partial charge on any atom is 0.265 e. The van der Waals surface area contributed by atoms with Gasteiger partial charge in [-0.2, -0.15) is 0 Å². The molecule has 0 unspecified atom stereocenters. The molecule has 0 aliphatic rings.